The first-order valence-electron chi connectivity index (χ1n) is 6.33. The number of nitrogens with one attached hydrogen (secondary N) is 1. The summed E-state index contributed by atoms with van der Waals surface area (Å²) in [4.78, 5) is 2.42. The van der Waals surface area contributed by atoms with Crippen LogP contribution in [-0.2, 0) is 0 Å². The minimum absolute atomic E-state index is 0.196. The van der Waals surface area contributed by atoms with Gasteiger partial charge in [-0.05, 0) is 51.7 Å². The maximum absolute atomic E-state index is 9.42. The van der Waals surface area contributed by atoms with E-state index in [0.717, 1.165) is 19.0 Å². The van der Waals surface area contributed by atoms with Crippen molar-refractivity contribution in [3.8, 4) is 0 Å². The minimum atomic E-state index is -0.196. The third kappa shape index (κ3) is 5.50. The van der Waals surface area contributed by atoms with Gasteiger partial charge in [-0.15, -0.1) is 0 Å². The Hall–Kier alpha value is -0.120. The highest BCUT2D eigenvalue weighted by Gasteiger charge is 2.17. The molecular weight excluding hydrogens is 188 g/mol. The van der Waals surface area contributed by atoms with Crippen LogP contribution in [-0.4, -0.2) is 48.8 Å². The predicted molar refractivity (Wildman–Crippen MR) is 64.0 cm³/mol. The zero-order valence-electron chi connectivity index (χ0n) is 10.2. The highest BCUT2D eigenvalue weighted by atomic mass is 16.3. The van der Waals surface area contributed by atoms with E-state index >= 15 is 0 Å². The molecule has 1 saturated heterocycles. The number of aliphatic hydroxyl groups is 1. The molecule has 1 rings (SSSR count). The molecule has 1 aliphatic rings. The SMILES string of the molecule is CCCN(CC1CCNCC1)C[C@@H](C)O. The van der Waals surface area contributed by atoms with Crippen molar-refractivity contribution in [3.63, 3.8) is 0 Å². The molecule has 15 heavy (non-hydrogen) atoms. The Morgan fingerprint density at radius 3 is 2.60 bits per heavy atom. The van der Waals surface area contributed by atoms with Crippen molar-refractivity contribution in [2.75, 3.05) is 32.7 Å². The van der Waals surface area contributed by atoms with E-state index in [4.69, 9.17) is 0 Å². The van der Waals surface area contributed by atoms with Gasteiger partial charge in [-0.25, -0.2) is 0 Å². The fourth-order valence-corrected chi connectivity index (χ4v) is 2.38. The molecule has 1 heterocycles. The van der Waals surface area contributed by atoms with E-state index in [1.807, 2.05) is 6.92 Å². The lowest BCUT2D eigenvalue weighted by Gasteiger charge is -2.30. The van der Waals surface area contributed by atoms with E-state index in [0.29, 0.717) is 0 Å². The molecule has 0 amide bonds. The molecule has 3 heteroatoms. The summed E-state index contributed by atoms with van der Waals surface area (Å²) < 4.78 is 0. The van der Waals surface area contributed by atoms with Gasteiger partial charge in [-0.2, -0.15) is 0 Å². The molecule has 1 atom stereocenters. The second-order valence-electron chi connectivity index (χ2n) is 4.80. The van der Waals surface area contributed by atoms with E-state index in [1.54, 1.807) is 0 Å². The van der Waals surface area contributed by atoms with Gasteiger partial charge in [0.05, 0.1) is 6.10 Å². The summed E-state index contributed by atoms with van der Waals surface area (Å²) in [6.45, 7) is 9.54. The summed E-state index contributed by atoms with van der Waals surface area (Å²) in [5.74, 6) is 0.830. The maximum atomic E-state index is 9.42. The molecule has 2 N–H and O–H groups in total. The molecule has 3 nitrogen and oxygen atoms in total. The van der Waals surface area contributed by atoms with Crippen LogP contribution in [0.5, 0.6) is 0 Å². The molecule has 0 radical (unpaired) electrons. The van der Waals surface area contributed by atoms with Crippen molar-refractivity contribution >= 4 is 0 Å². The van der Waals surface area contributed by atoms with Crippen molar-refractivity contribution in [1.29, 1.82) is 0 Å². The second kappa shape index (κ2) is 7.20. The van der Waals surface area contributed by atoms with Crippen molar-refractivity contribution in [2.24, 2.45) is 5.92 Å². The third-order valence-electron chi connectivity index (χ3n) is 3.04. The Labute approximate surface area is 93.9 Å². The summed E-state index contributed by atoms with van der Waals surface area (Å²) in [5.41, 5.74) is 0. The van der Waals surface area contributed by atoms with Gasteiger partial charge in [-0.1, -0.05) is 6.92 Å². The van der Waals surface area contributed by atoms with Gasteiger partial charge < -0.3 is 15.3 Å². The second-order valence-corrected chi connectivity index (χ2v) is 4.80. The number of rotatable bonds is 6. The van der Waals surface area contributed by atoms with Crippen LogP contribution in [0.4, 0.5) is 0 Å². The van der Waals surface area contributed by atoms with Crippen molar-refractivity contribution in [3.05, 3.63) is 0 Å². The van der Waals surface area contributed by atoms with Crippen LogP contribution in [0.1, 0.15) is 33.1 Å². The summed E-state index contributed by atoms with van der Waals surface area (Å²) in [5, 5.41) is 12.8. The van der Waals surface area contributed by atoms with Crippen LogP contribution < -0.4 is 5.32 Å². The summed E-state index contributed by atoms with van der Waals surface area (Å²) in [6, 6.07) is 0. The summed E-state index contributed by atoms with van der Waals surface area (Å²) in [6.07, 6.45) is 3.57. The van der Waals surface area contributed by atoms with Gasteiger partial charge >= 0.3 is 0 Å². The highest BCUT2D eigenvalue weighted by Crippen LogP contribution is 2.13. The smallest absolute Gasteiger partial charge is 0.0639 e. The standard InChI is InChI=1S/C12H26N2O/c1-3-8-14(9-11(2)15)10-12-4-6-13-7-5-12/h11-13,15H,3-10H2,1-2H3/t11-/m1/s1. The zero-order chi connectivity index (χ0) is 11.1. The molecule has 0 unspecified atom stereocenters. The topological polar surface area (TPSA) is 35.5 Å². The molecule has 1 fully saturated rings. The van der Waals surface area contributed by atoms with Crippen molar-refractivity contribution in [1.82, 2.24) is 10.2 Å². The molecule has 0 saturated carbocycles. The predicted octanol–water partition coefficient (Wildman–Crippen LogP) is 1.08. The average Bonchev–Trinajstić information content (AvgIpc) is 2.18. The first-order valence-corrected chi connectivity index (χ1v) is 6.33. The van der Waals surface area contributed by atoms with Crippen LogP contribution in [0, 0.1) is 5.92 Å². The molecule has 0 bridgehead atoms. The van der Waals surface area contributed by atoms with Gasteiger partial charge in [0.2, 0.25) is 0 Å². The number of hydrogen-bond donors (Lipinski definition) is 2. The number of hydrogen-bond acceptors (Lipinski definition) is 3. The van der Waals surface area contributed by atoms with E-state index in [-0.39, 0.29) is 6.10 Å². The molecule has 0 aromatic rings. The number of piperidine rings is 1. The Balaban J connectivity index is 2.28. The van der Waals surface area contributed by atoms with Crippen molar-refractivity contribution in [2.45, 2.75) is 39.2 Å². The molecule has 0 aliphatic carbocycles. The van der Waals surface area contributed by atoms with E-state index in [9.17, 15) is 5.11 Å². The Morgan fingerprint density at radius 1 is 1.40 bits per heavy atom. The summed E-state index contributed by atoms with van der Waals surface area (Å²) in [7, 11) is 0. The fourth-order valence-electron chi connectivity index (χ4n) is 2.38. The largest absolute Gasteiger partial charge is 0.392 e. The van der Waals surface area contributed by atoms with Gasteiger partial charge in [0.1, 0.15) is 0 Å². The molecule has 0 aromatic carbocycles. The first-order chi connectivity index (χ1) is 7.22. The highest BCUT2D eigenvalue weighted by molar-refractivity contribution is 4.73. The quantitative estimate of drug-likeness (QED) is 0.694. The Kier molecular flexibility index (Phi) is 6.22. The average molecular weight is 214 g/mol. The molecular formula is C12H26N2O. The fraction of sp³-hybridized carbons (Fsp3) is 1.00. The van der Waals surface area contributed by atoms with Gasteiger partial charge in [-0.3, -0.25) is 0 Å². The number of aliphatic hydroxyl groups excluding tert-OH is 1. The van der Waals surface area contributed by atoms with Gasteiger partial charge in [0.25, 0.3) is 0 Å². The number of nitrogens with zero attached hydrogens (tertiary/aromatic N) is 1. The van der Waals surface area contributed by atoms with Crippen LogP contribution in [0.3, 0.4) is 0 Å². The molecule has 1 aliphatic heterocycles. The first kappa shape index (κ1) is 12.9. The molecule has 0 spiro atoms. The van der Waals surface area contributed by atoms with E-state index in [1.165, 1.54) is 38.9 Å². The Morgan fingerprint density at radius 2 is 2.07 bits per heavy atom. The van der Waals surface area contributed by atoms with Gasteiger partial charge in [0.15, 0.2) is 0 Å². The molecule has 0 aromatic heterocycles. The minimum Gasteiger partial charge on any atom is -0.392 e. The summed E-state index contributed by atoms with van der Waals surface area (Å²) >= 11 is 0. The lowest BCUT2D eigenvalue weighted by Crippen LogP contribution is -2.39. The maximum Gasteiger partial charge on any atom is 0.0639 e. The van der Waals surface area contributed by atoms with Crippen molar-refractivity contribution < 1.29 is 5.11 Å². The lowest BCUT2D eigenvalue weighted by molar-refractivity contribution is 0.110. The van der Waals surface area contributed by atoms with Crippen LogP contribution >= 0.6 is 0 Å². The van der Waals surface area contributed by atoms with Crippen LogP contribution in [0.15, 0.2) is 0 Å². The Bertz CT molecular complexity index is 156. The normalized spacial score (nSPS) is 20.8. The molecule has 90 valence electrons. The monoisotopic (exact) mass is 214 g/mol. The third-order valence-corrected chi connectivity index (χ3v) is 3.04. The van der Waals surface area contributed by atoms with Gasteiger partial charge in [0, 0.05) is 13.1 Å². The lowest BCUT2D eigenvalue weighted by atomic mass is 9.97. The van der Waals surface area contributed by atoms with Crippen LogP contribution in [0.2, 0.25) is 0 Å². The zero-order valence-corrected chi connectivity index (χ0v) is 10.2. The van der Waals surface area contributed by atoms with Crippen LogP contribution in [0.25, 0.3) is 0 Å². The van der Waals surface area contributed by atoms with E-state index < -0.39 is 0 Å². The van der Waals surface area contributed by atoms with E-state index in [2.05, 4.69) is 17.1 Å².